The molecular formula is C59H51BN2O4S2. The van der Waals surface area contributed by atoms with Crippen molar-refractivity contribution in [3.63, 3.8) is 0 Å². The largest absolute Gasteiger partial charge is 0.454 e. The van der Waals surface area contributed by atoms with E-state index in [9.17, 15) is 0 Å². The maximum absolute atomic E-state index is 6.27. The minimum atomic E-state index is -0.0534. The minimum Gasteiger partial charge on any atom is -0.454 e. The van der Waals surface area contributed by atoms with Gasteiger partial charge in [-0.05, 0) is 98.6 Å². The van der Waals surface area contributed by atoms with Crippen LogP contribution >= 0.6 is 22.7 Å². The second-order valence-electron chi connectivity index (χ2n) is 21.0. The quantitative estimate of drug-likeness (QED) is 0.160. The molecule has 0 saturated heterocycles. The Morgan fingerprint density at radius 3 is 1.29 bits per heavy atom. The van der Waals surface area contributed by atoms with E-state index < -0.39 is 0 Å². The molecular weight excluding hydrogens is 876 g/mol. The van der Waals surface area contributed by atoms with Gasteiger partial charge in [-0.15, -0.1) is 22.7 Å². The Balaban J connectivity index is 1.20. The number of hydrogen-bond donors (Lipinski definition) is 0. The average molecular weight is 927 g/mol. The molecule has 9 heteroatoms. The van der Waals surface area contributed by atoms with Crippen molar-refractivity contribution in [2.75, 3.05) is 23.4 Å². The van der Waals surface area contributed by atoms with Crippen molar-refractivity contribution >= 4 is 98.7 Å². The molecule has 0 atom stereocenters. The van der Waals surface area contributed by atoms with Crippen LogP contribution in [0.1, 0.15) is 78.0 Å². The third kappa shape index (κ3) is 6.28. The molecule has 7 aromatic carbocycles. The third-order valence-corrected chi connectivity index (χ3v) is 16.8. The SMILES string of the molecule is CC(C)c1cc2c3c(c1)N(c1cc4c(cc1-c1ccccc1)OCO4)c1c(sc4ccc(C(C)(C)C)cc14)B3c1sc3ccc(C(C)(C)C)cc3c1N2c1cc2c(cc1-c1ccccc1)OCO2. The fourth-order valence-electron chi connectivity index (χ4n) is 10.7. The van der Waals surface area contributed by atoms with Crippen molar-refractivity contribution in [3.05, 3.63) is 150 Å². The first-order valence-electron chi connectivity index (χ1n) is 23.7. The summed E-state index contributed by atoms with van der Waals surface area (Å²) in [6.07, 6.45) is 0. The predicted molar refractivity (Wildman–Crippen MR) is 286 cm³/mol. The summed E-state index contributed by atoms with van der Waals surface area (Å²) in [4.78, 5) is 5.19. The van der Waals surface area contributed by atoms with Gasteiger partial charge in [-0.3, -0.25) is 0 Å². The molecule has 4 aliphatic rings. The first-order valence-corrected chi connectivity index (χ1v) is 25.3. The molecule has 4 aliphatic heterocycles. The van der Waals surface area contributed by atoms with Gasteiger partial charge in [0.2, 0.25) is 13.6 Å². The summed E-state index contributed by atoms with van der Waals surface area (Å²) in [6, 6.07) is 49.7. The lowest BCUT2D eigenvalue weighted by molar-refractivity contribution is 0.173. The highest BCUT2D eigenvalue weighted by molar-refractivity contribution is 7.40. The lowest BCUT2D eigenvalue weighted by Crippen LogP contribution is -2.59. The highest BCUT2D eigenvalue weighted by Crippen LogP contribution is 2.56. The Morgan fingerprint density at radius 1 is 0.485 bits per heavy atom. The molecule has 68 heavy (non-hydrogen) atoms. The Morgan fingerprint density at radius 2 is 0.897 bits per heavy atom. The lowest BCUT2D eigenvalue weighted by atomic mass is 9.39. The van der Waals surface area contributed by atoms with Crippen LogP contribution in [0, 0.1) is 0 Å². The van der Waals surface area contributed by atoms with E-state index in [0.29, 0.717) is 0 Å². The number of fused-ring (bicyclic) bond motifs is 10. The van der Waals surface area contributed by atoms with Crippen LogP contribution in [-0.2, 0) is 10.8 Å². The van der Waals surface area contributed by atoms with E-state index >= 15 is 0 Å². The third-order valence-electron chi connectivity index (χ3n) is 14.3. The normalized spacial score (nSPS) is 14.6. The summed E-state index contributed by atoms with van der Waals surface area (Å²) in [5.41, 5.74) is 16.4. The number of benzene rings is 7. The van der Waals surface area contributed by atoms with Crippen LogP contribution in [0.4, 0.5) is 34.1 Å². The first-order chi connectivity index (χ1) is 32.8. The number of rotatable bonds is 5. The van der Waals surface area contributed by atoms with E-state index in [0.717, 1.165) is 56.6 Å². The van der Waals surface area contributed by atoms with Gasteiger partial charge in [-0.2, -0.15) is 0 Å². The Hall–Kier alpha value is -6.68. The first kappa shape index (κ1) is 41.5. The molecule has 336 valence electrons. The number of hydrogen-bond acceptors (Lipinski definition) is 8. The van der Waals surface area contributed by atoms with Crippen LogP contribution < -0.4 is 43.8 Å². The van der Waals surface area contributed by atoms with Crippen molar-refractivity contribution in [2.45, 2.75) is 72.1 Å². The van der Waals surface area contributed by atoms with Gasteiger partial charge in [-0.25, -0.2) is 0 Å². The van der Waals surface area contributed by atoms with Gasteiger partial charge in [0.05, 0.1) is 22.7 Å². The standard InChI is InChI=1S/C59H51BN2O4S2/c1-33(2)36-23-45-53-46(24-36)62(44-30-50-48(64-32-66-50)28-40(44)35-17-13-10-14-18-35)55-42-26-38(59(6,7)8)20-22-52(42)68-57(55)60(53)56-54(41-25-37(58(3,4)5)19-21-51(41)67-56)61(45)43-29-49-47(63-31-65-49)27-39(43)34-15-11-9-12-16-34/h9-30,33H,31-32H2,1-8H3. The average Bonchev–Trinajstić information content (AvgIpc) is 4.15. The molecule has 0 bridgehead atoms. The zero-order valence-corrected chi connectivity index (χ0v) is 41.2. The molecule has 2 aromatic heterocycles. The zero-order chi connectivity index (χ0) is 46.4. The molecule has 0 spiro atoms. The van der Waals surface area contributed by atoms with Crippen molar-refractivity contribution < 1.29 is 18.9 Å². The number of anilines is 6. The van der Waals surface area contributed by atoms with Gasteiger partial charge in [-0.1, -0.05) is 128 Å². The van der Waals surface area contributed by atoms with E-state index in [1.807, 2.05) is 22.7 Å². The molecule has 0 N–H and O–H groups in total. The summed E-state index contributed by atoms with van der Waals surface area (Å²) < 4.78 is 30.1. The highest BCUT2D eigenvalue weighted by atomic mass is 32.1. The Labute approximate surface area is 406 Å². The summed E-state index contributed by atoms with van der Waals surface area (Å²) in [5.74, 6) is 3.25. The van der Waals surface area contributed by atoms with Gasteiger partial charge in [0.25, 0.3) is 6.71 Å². The second kappa shape index (κ2) is 14.9. The maximum atomic E-state index is 6.27. The molecule has 9 aromatic rings. The summed E-state index contributed by atoms with van der Waals surface area (Å²) in [7, 11) is 0. The van der Waals surface area contributed by atoms with Crippen LogP contribution in [0.2, 0.25) is 0 Å². The monoisotopic (exact) mass is 926 g/mol. The van der Waals surface area contributed by atoms with Gasteiger partial charge in [0.1, 0.15) is 0 Å². The molecule has 0 radical (unpaired) electrons. The molecule has 6 heterocycles. The van der Waals surface area contributed by atoms with Gasteiger partial charge in [0.15, 0.2) is 23.0 Å². The van der Waals surface area contributed by atoms with Crippen LogP contribution in [0.5, 0.6) is 23.0 Å². The Kier molecular flexibility index (Phi) is 9.10. The van der Waals surface area contributed by atoms with E-state index in [4.69, 9.17) is 18.9 Å². The van der Waals surface area contributed by atoms with Crippen LogP contribution in [0.3, 0.4) is 0 Å². The minimum absolute atomic E-state index is 0.0481. The van der Waals surface area contributed by atoms with Crippen LogP contribution in [0.25, 0.3) is 42.4 Å². The fourth-order valence-corrected chi connectivity index (χ4v) is 13.3. The van der Waals surface area contributed by atoms with E-state index in [1.165, 1.54) is 74.6 Å². The second-order valence-corrected chi connectivity index (χ2v) is 23.1. The summed E-state index contributed by atoms with van der Waals surface area (Å²) in [6.45, 7) is 18.9. The van der Waals surface area contributed by atoms with Gasteiger partial charge in [0, 0.05) is 64.4 Å². The van der Waals surface area contributed by atoms with E-state index in [-0.39, 0.29) is 37.0 Å². The molecule has 0 unspecified atom stereocenters. The summed E-state index contributed by atoms with van der Waals surface area (Å²) in [5, 5.41) is 2.52. The number of ether oxygens (including phenoxy) is 4. The van der Waals surface area contributed by atoms with Gasteiger partial charge >= 0.3 is 0 Å². The predicted octanol–water partition coefficient (Wildman–Crippen LogP) is 14.7. The molecule has 0 saturated carbocycles. The van der Waals surface area contributed by atoms with Crippen LogP contribution in [-0.4, -0.2) is 20.3 Å². The van der Waals surface area contributed by atoms with Crippen molar-refractivity contribution in [2.24, 2.45) is 0 Å². The molecule has 0 aliphatic carbocycles. The van der Waals surface area contributed by atoms with E-state index in [1.54, 1.807) is 0 Å². The Bertz CT molecular complexity index is 3320. The smallest absolute Gasteiger partial charge is 0.277 e. The van der Waals surface area contributed by atoms with Crippen molar-refractivity contribution in [3.8, 4) is 45.3 Å². The topological polar surface area (TPSA) is 43.4 Å². The van der Waals surface area contributed by atoms with Crippen molar-refractivity contribution in [1.82, 2.24) is 0 Å². The van der Waals surface area contributed by atoms with Gasteiger partial charge < -0.3 is 28.7 Å². The molecule has 0 amide bonds. The number of nitrogens with zero attached hydrogens (tertiary/aromatic N) is 2. The maximum Gasteiger partial charge on any atom is 0.277 e. The lowest BCUT2D eigenvalue weighted by Gasteiger charge is -2.43. The number of thiophene rings is 2. The molecule has 13 rings (SSSR count). The summed E-state index contributed by atoms with van der Waals surface area (Å²) >= 11 is 3.88. The fraction of sp³-hybridized carbons (Fsp3) is 0.220. The van der Waals surface area contributed by atoms with E-state index in [2.05, 4.69) is 199 Å². The zero-order valence-electron chi connectivity index (χ0n) is 39.6. The van der Waals surface area contributed by atoms with Crippen LogP contribution in [0.15, 0.2) is 133 Å². The molecule has 0 fully saturated rings. The molecule has 6 nitrogen and oxygen atoms in total. The highest BCUT2D eigenvalue weighted by Gasteiger charge is 2.48. The van der Waals surface area contributed by atoms with Crippen molar-refractivity contribution in [1.29, 1.82) is 0 Å².